The summed E-state index contributed by atoms with van der Waals surface area (Å²) < 4.78 is 42.5. The third-order valence-corrected chi connectivity index (χ3v) is 4.84. The first-order valence-electron chi connectivity index (χ1n) is 8.44. The van der Waals surface area contributed by atoms with E-state index < -0.39 is 34.6 Å². The number of nitriles is 1. The van der Waals surface area contributed by atoms with E-state index in [1.807, 2.05) is 0 Å². The summed E-state index contributed by atoms with van der Waals surface area (Å²) in [5.74, 6) is -3.32. The summed E-state index contributed by atoms with van der Waals surface area (Å²) in [5.41, 5.74) is -0.564. The number of benzene rings is 2. The quantitative estimate of drug-likeness (QED) is 0.654. The number of hydrogen-bond acceptors (Lipinski definition) is 4. The van der Waals surface area contributed by atoms with Gasteiger partial charge in [0.2, 0.25) is 5.88 Å². The van der Waals surface area contributed by atoms with E-state index in [1.165, 1.54) is 24.4 Å². The molecule has 0 unspecified atom stereocenters. The van der Waals surface area contributed by atoms with Gasteiger partial charge in [-0.2, -0.15) is 5.26 Å². The highest BCUT2D eigenvalue weighted by Gasteiger charge is 2.21. The number of fused-ring (bicyclic) bond motifs is 1. The Morgan fingerprint density at radius 1 is 1.27 bits per heavy atom. The van der Waals surface area contributed by atoms with Crippen molar-refractivity contribution in [3.05, 3.63) is 79.6 Å². The van der Waals surface area contributed by atoms with Gasteiger partial charge in [0.15, 0.2) is 5.82 Å². The predicted octanol–water partition coefficient (Wildman–Crippen LogP) is 4.13. The van der Waals surface area contributed by atoms with E-state index >= 15 is 0 Å². The van der Waals surface area contributed by atoms with Crippen LogP contribution in [0.2, 0.25) is 5.02 Å². The van der Waals surface area contributed by atoms with Crippen molar-refractivity contribution in [3.63, 3.8) is 0 Å². The molecule has 0 saturated carbocycles. The van der Waals surface area contributed by atoms with Crippen molar-refractivity contribution in [3.8, 4) is 11.9 Å². The van der Waals surface area contributed by atoms with Gasteiger partial charge in [0.25, 0.3) is 0 Å². The zero-order valence-corrected chi connectivity index (χ0v) is 15.6. The molecule has 0 amide bonds. The maximum atomic E-state index is 14.1. The van der Waals surface area contributed by atoms with Crippen molar-refractivity contribution < 1.29 is 18.3 Å². The van der Waals surface area contributed by atoms with Gasteiger partial charge in [-0.3, -0.25) is 9.56 Å². The van der Waals surface area contributed by atoms with Gasteiger partial charge in [0.05, 0.1) is 11.6 Å². The summed E-state index contributed by atoms with van der Waals surface area (Å²) in [6.07, 6.45) is 2.74. The Morgan fingerprint density at radius 3 is 2.63 bits per heavy atom. The minimum atomic E-state index is -1.07. The van der Waals surface area contributed by atoms with Gasteiger partial charge in [0.1, 0.15) is 34.6 Å². The molecule has 0 fully saturated rings. The van der Waals surface area contributed by atoms with Gasteiger partial charge in [-0.05, 0) is 29.8 Å². The Morgan fingerprint density at radius 2 is 1.97 bits per heavy atom. The first-order valence-corrected chi connectivity index (χ1v) is 8.82. The highest BCUT2D eigenvalue weighted by molar-refractivity contribution is 6.31. The topological polar surface area (TPSA) is 94.2 Å². The van der Waals surface area contributed by atoms with Crippen molar-refractivity contribution in [2.75, 3.05) is 0 Å². The van der Waals surface area contributed by atoms with Crippen LogP contribution in [0.25, 0.3) is 11.6 Å². The number of aromatic hydroxyl groups is 1. The van der Waals surface area contributed by atoms with Gasteiger partial charge in [0, 0.05) is 17.4 Å². The van der Waals surface area contributed by atoms with Crippen LogP contribution in [-0.2, 0) is 6.54 Å². The molecule has 10 heteroatoms. The third kappa shape index (κ3) is 3.17. The summed E-state index contributed by atoms with van der Waals surface area (Å²) in [4.78, 5) is 18.6. The molecule has 0 atom stereocenters. The molecule has 30 heavy (non-hydrogen) atoms. The van der Waals surface area contributed by atoms with E-state index in [1.54, 1.807) is 6.07 Å². The number of hydrogen-bond donors (Lipinski definition) is 2. The van der Waals surface area contributed by atoms with Crippen LogP contribution in [0.15, 0.2) is 34.1 Å². The van der Waals surface area contributed by atoms with Crippen molar-refractivity contribution in [2.45, 2.75) is 6.54 Å². The number of imidazole rings is 1. The number of nitrogens with zero attached hydrogens (tertiary/aromatic N) is 3. The zero-order chi connectivity index (χ0) is 21.6. The van der Waals surface area contributed by atoms with Crippen LogP contribution < -0.4 is 5.69 Å². The average Bonchev–Trinajstić information content (AvgIpc) is 3.21. The van der Waals surface area contributed by atoms with Gasteiger partial charge < -0.3 is 10.1 Å². The number of allylic oxidation sites excluding steroid dienone is 1. The molecule has 150 valence electrons. The zero-order valence-electron chi connectivity index (χ0n) is 14.9. The number of aromatic amines is 1. The normalized spacial score (nSPS) is 13.6. The van der Waals surface area contributed by atoms with Crippen molar-refractivity contribution in [1.29, 1.82) is 5.26 Å². The monoisotopic (exact) mass is 430 g/mol. The van der Waals surface area contributed by atoms with E-state index in [4.69, 9.17) is 16.9 Å². The van der Waals surface area contributed by atoms with Crippen LogP contribution in [0.3, 0.4) is 0 Å². The molecule has 0 aliphatic carbocycles. The number of nitrogens with one attached hydrogen (secondary N) is 1. The lowest BCUT2D eigenvalue weighted by molar-refractivity contribution is 0.420. The number of H-pyrrole nitrogens is 1. The number of aromatic nitrogens is 2. The fraction of sp³-hybridized carbons (Fsp3) is 0.0500. The van der Waals surface area contributed by atoms with E-state index in [9.17, 15) is 23.1 Å². The highest BCUT2D eigenvalue weighted by Crippen LogP contribution is 2.38. The molecule has 3 aromatic rings. The molecule has 0 saturated heterocycles. The van der Waals surface area contributed by atoms with Crippen molar-refractivity contribution in [1.82, 2.24) is 9.55 Å². The van der Waals surface area contributed by atoms with Crippen LogP contribution in [0, 0.1) is 28.8 Å². The Labute approximate surface area is 171 Å². The molecule has 1 aromatic heterocycles. The molecular formula is C20H10ClF3N4O2. The van der Waals surface area contributed by atoms with Crippen LogP contribution in [0.1, 0.15) is 22.4 Å². The second kappa shape index (κ2) is 7.24. The lowest BCUT2D eigenvalue weighted by Crippen LogP contribution is -2.17. The van der Waals surface area contributed by atoms with Crippen LogP contribution in [-0.4, -0.2) is 20.9 Å². The minimum absolute atomic E-state index is 0.000697. The van der Waals surface area contributed by atoms with Gasteiger partial charge >= 0.3 is 5.69 Å². The van der Waals surface area contributed by atoms with E-state index in [0.717, 1.165) is 16.7 Å². The Bertz CT molecular complexity index is 1340. The molecule has 0 radical (unpaired) electrons. The van der Waals surface area contributed by atoms with Gasteiger partial charge in [-0.15, -0.1) is 0 Å². The van der Waals surface area contributed by atoms with Crippen molar-refractivity contribution in [2.24, 2.45) is 4.99 Å². The minimum Gasteiger partial charge on any atom is -0.493 e. The van der Waals surface area contributed by atoms with E-state index in [2.05, 4.69) is 9.98 Å². The Hall–Kier alpha value is -3.77. The molecule has 1 aliphatic heterocycles. The second-order valence-corrected chi connectivity index (χ2v) is 6.82. The first kappa shape index (κ1) is 19.5. The maximum absolute atomic E-state index is 14.1. The average molecular weight is 431 g/mol. The lowest BCUT2D eigenvalue weighted by atomic mass is 10.1. The largest absolute Gasteiger partial charge is 0.493 e. The highest BCUT2D eigenvalue weighted by atomic mass is 35.5. The van der Waals surface area contributed by atoms with Gasteiger partial charge in [-0.25, -0.2) is 18.0 Å². The first-order chi connectivity index (χ1) is 14.3. The van der Waals surface area contributed by atoms with Gasteiger partial charge in [-0.1, -0.05) is 17.7 Å². The second-order valence-electron chi connectivity index (χ2n) is 6.42. The summed E-state index contributed by atoms with van der Waals surface area (Å²) in [6, 6.07) is 6.13. The molecular weight excluding hydrogens is 421 g/mol. The molecule has 2 aromatic carbocycles. The SMILES string of the molecule is N#Cc1c(F)cc(Cn2c(O)c(/C=C3\C=Nc4c3ccc(Cl)c4F)[nH]c2=O)cc1F. The molecule has 1 aliphatic rings. The summed E-state index contributed by atoms with van der Waals surface area (Å²) in [5, 5.41) is 19.1. The fourth-order valence-electron chi connectivity index (χ4n) is 3.11. The van der Waals surface area contributed by atoms with Crippen LogP contribution in [0.4, 0.5) is 18.9 Å². The molecule has 0 bridgehead atoms. The summed E-state index contributed by atoms with van der Waals surface area (Å²) >= 11 is 5.74. The maximum Gasteiger partial charge on any atom is 0.329 e. The summed E-state index contributed by atoms with van der Waals surface area (Å²) in [6.45, 7) is -0.348. The van der Waals surface area contributed by atoms with Crippen molar-refractivity contribution >= 4 is 35.2 Å². The number of halogens is 4. The molecule has 2 N–H and O–H groups in total. The van der Waals surface area contributed by atoms with E-state index in [0.29, 0.717) is 11.1 Å². The van der Waals surface area contributed by atoms with E-state index in [-0.39, 0.29) is 28.5 Å². The standard InChI is InChI=1S/C20H10ClF3N4O2/c21-13-2-1-11-10(7-26-18(11)17(13)24)5-16-19(29)28(20(30)27-16)8-9-3-14(22)12(6-25)15(23)4-9/h1-5,7,29H,8H2,(H,27,30)/b10-5+. The fourth-order valence-corrected chi connectivity index (χ4v) is 3.26. The van der Waals surface area contributed by atoms with Crippen LogP contribution in [0.5, 0.6) is 5.88 Å². The Balaban J connectivity index is 1.71. The smallest absolute Gasteiger partial charge is 0.329 e. The number of rotatable bonds is 3. The molecule has 6 nitrogen and oxygen atoms in total. The third-order valence-electron chi connectivity index (χ3n) is 4.55. The lowest BCUT2D eigenvalue weighted by Gasteiger charge is -2.06. The predicted molar refractivity (Wildman–Crippen MR) is 104 cm³/mol. The Kier molecular flexibility index (Phi) is 4.72. The molecule has 0 spiro atoms. The number of aliphatic imine (C=N–C) groups is 1. The molecule has 2 heterocycles. The summed E-state index contributed by atoms with van der Waals surface area (Å²) in [7, 11) is 0. The van der Waals surface area contributed by atoms with Crippen LogP contribution >= 0.6 is 11.6 Å². The molecule has 4 rings (SSSR count).